The number of nitrogens with zero attached hydrogens (tertiary/aromatic N) is 4. The van der Waals surface area contributed by atoms with Crippen molar-refractivity contribution in [3.63, 3.8) is 0 Å². The second-order valence-corrected chi connectivity index (χ2v) is 12.0. The van der Waals surface area contributed by atoms with Gasteiger partial charge in [0.2, 0.25) is 0 Å². The van der Waals surface area contributed by atoms with Crippen molar-refractivity contribution in [1.29, 1.82) is 0 Å². The van der Waals surface area contributed by atoms with E-state index in [2.05, 4.69) is 9.80 Å². The van der Waals surface area contributed by atoms with Gasteiger partial charge in [-0.15, -0.1) is 0 Å². The van der Waals surface area contributed by atoms with Crippen LogP contribution < -0.4 is 9.47 Å². The smallest absolute Gasteiger partial charge is 0.253 e. The van der Waals surface area contributed by atoms with Gasteiger partial charge in [0.1, 0.15) is 24.7 Å². The van der Waals surface area contributed by atoms with Crippen LogP contribution in [0.4, 0.5) is 0 Å². The van der Waals surface area contributed by atoms with Gasteiger partial charge in [-0.3, -0.25) is 19.4 Å². The van der Waals surface area contributed by atoms with E-state index >= 15 is 0 Å². The van der Waals surface area contributed by atoms with Crippen molar-refractivity contribution < 1.29 is 29.3 Å². The molecule has 3 aromatic carbocycles. The molecule has 2 amide bonds. The van der Waals surface area contributed by atoms with Crippen LogP contribution in [0.5, 0.6) is 11.5 Å². The molecule has 2 saturated heterocycles. The molecule has 2 heterocycles. The Morgan fingerprint density at radius 3 is 1.24 bits per heavy atom. The van der Waals surface area contributed by atoms with Gasteiger partial charge in [0, 0.05) is 76.6 Å². The number of ether oxygens (including phenoxy) is 2. The summed E-state index contributed by atoms with van der Waals surface area (Å²) in [7, 11) is 0. The van der Waals surface area contributed by atoms with E-state index in [0.29, 0.717) is 50.5 Å². The normalized spacial score (nSPS) is 17.3. The molecule has 10 heteroatoms. The molecule has 2 aliphatic rings. The first-order valence-corrected chi connectivity index (χ1v) is 16.3. The lowest BCUT2D eigenvalue weighted by molar-refractivity contribution is 0.0559. The minimum absolute atomic E-state index is 0.0707. The number of hydrogen-bond donors (Lipinski definition) is 2. The molecule has 46 heavy (non-hydrogen) atoms. The Balaban J connectivity index is 0.912. The summed E-state index contributed by atoms with van der Waals surface area (Å²) in [4.78, 5) is 33.6. The first-order chi connectivity index (χ1) is 22.4. The Bertz CT molecular complexity index is 1240. The van der Waals surface area contributed by atoms with Crippen LogP contribution in [0, 0.1) is 0 Å². The fourth-order valence-electron chi connectivity index (χ4n) is 5.72. The second kappa shape index (κ2) is 17.1. The van der Waals surface area contributed by atoms with Gasteiger partial charge in [-0.05, 0) is 61.4 Å². The number of aliphatic hydroxyl groups excluding tert-OH is 2. The van der Waals surface area contributed by atoms with Crippen LogP contribution in [0.25, 0.3) is 0 Å². The van der Waals surface area contributed by atoms with E-state index in [1.807, 2.05) is 70.5 Å². The number of carbonyl (C=O) groups excluding carboxylic acids is 2. The Morgan fingerprint density at radius 2 is 0.891 bits per heavy atom. The predicted molar refractivity (Wildman–Crippen MR) is 176 cm³/mol. The number of benzene rings is 3. The van der Waals surface area contributed by atoms with Gasteiger partial charge >= 0.3 is 0 Å². The lowest BCUT2D eigenvalue weighted by atomic mass is 10.1. The Kier molecular flexibility index (Phi) is 12.4. The Labute approximate surface area is 271 Å². The van der Waals surface area contributed by atoms with Gasteiger partial charge in [-0.2, -0.15) is 0 Å². The van der Waals surface area contributed by atoms with Gasteiger partial charge in [0.05, 0.1) is 12.2 Å². The summed E-state index contributed by atoms with van der Waals surface area (Å²) in [6.45, 7) is 7.77. The molecule has 0 aliphatic carbocycles. The summed E-state index contributed by atoms with van der Waals surface area (Å²) in [5.41, 5.74) is 1.44. The minimum atomic E-state index is -0.595. The van der Waals surface area contributed by atoms with Gasteiger partial charge in [0.15, 0.2) is 0 Å². The number of aliphatic hydroxyl groups is 2. The van der Waals surface area contributed by atoms with Crippen molar-refractivity contribution in [1.82, 2.24) is 19.6 Å². The van der Waals surface area contributed by atoms with Gasteiger partial charge in [0.25, 0.3) is 11.8 Å². The minimum Gasteiger partial charge on any atom is -0.491 e. The maximum atomic E-state index is 12.6. The second-order valence-electron chi connectivity index (χ2n) is 12.0. The van der Waals surface area contributed by atoms with Gasteiger partial charge < -0.3 is 29.5 Å². The van der Waals surface area contributed by atoms with Crippen LogP contribution in [-0.2, 0) is 0 Å². The molecule has 0 saturated carbocycles. The third-order valence-corrected chi connectivity index (χ3v) is 8.63. The molecule has 10 nitrogen and oxygen atoms in total. The molecule has 246 valence electrons. The first-order valence-electron chi connectivity index (χ1n) is 16.3. The summed E-state index contributed by atoms with van der Waals surface area (Å²) < 4.78 is 11.6. The summed E-state index contributed by atoms with van der Waals surface area (Å²) >= 11 is 0. The largest absolute Gasteiger partial charge is 0.491 e. The molecule has 3 aromatic rings. The van der Waals surface area contributed by atoms with E-state index in [9.17, 15) is 19.8 Å². The number of hydrogen-bond acceptors (Lipinski definition) is 8. The molecule has 2 atom stereocenters. The molecule has 0 aromatic heterocycles. The van der Waals surface area contributed by atoms with Crippen LogP contribution in [0.2, 0.25) is 0 Å². The predicted octanol–water partition coefficient (Wildman–Crippen LogP) is 2.86. The third kappa shape index (κ3) is 10.0. The standard InChI is InChI=1S/C36H46N4O6/c41-31(15-17-37-19-23-39(24-20-37)35(43)29-7-3-1-4-8-29)27-45-33-11-13-34(14-12-33)46-28-32(42)16-18-38-21-25-40(26-22-38)36(44)30-9-5-2-6-10-30/h1-14,31-32,41-42H,15-28H2/t31-,32+. The van der Waals surface area contributed by atoms with Crippen LogP contribution in [0.1, 0.15) is 33.6 Å². The van der Waals surface area contributed by atoms with Crippen molar-refractivity contribution >= 4 is 11.8 Å². The fourth-order valence-corrected chi connectivity index (χ4v) is 5.72. The van der Waals surface area contributed by atoms with Crippen LogP contribution >= 0.6 is 0 Å². The number of carbonyl (C=O) groups is 2. The van der Waals surface area contributed by atoms with Crippen molar-refractivity contribution in [2.45, 2.75) is 25.0 Å². The summed E-state index contributed by atoms with van der Waals surface area (Å²) in [6.07, 6.45) is -0.00906. The van der Waals surface area contributed by atoms with E-state index < -0.39 is 12.2 Å². The van der Waals surface area contributed by atoms with Crippen LogP contribution in [0.15, 0.2) is 84.9 Å². The third-order valence-electron chi connectivity index (χ3n) is 8.63. The lowest BCUT2D eigenvalue weighted by Crippen LogP contribution is -2.49. The topological polar surface area (TPSA) is 106 Å². The Morgan fingerprint density at radius 1 is 0.543 bits per heavy atom. The van der Waals surface area contributed by atoms with E-state index in [0.717, 1.165) is 50.4 Å². The molecule has 0 unspecified atom stereocenters. The molecule has 0 spiro atoms. The molecule has 5 rings (SSSR count). The lowest BCUT2D eigenvalue weighted by Gasteiger charge is -2.35. The highest BCUT2D eigenvalue weighted by Gasteiger charge is 2.23. The summed E-state index contributed by atoms with van der Waals surface area (Å²) in [5, 5.41) is 20.9. The monoisotopic (exact) mass is 630 g/mol. The quantitative estimate of drug-likeness (QED) is 0.280. The SMILES string of the molecule is O=C(c1ccccc1)N1CCN(CC[C@@H](O)COc2ccc(OC[C@@H](O)CCN3CCN(C(=O)c4ccccc4)CC3)cc2)CC1. The van der Waals surface area contributed by atoms with Gasteiger partial charge in [-0.1, -0.05) is 36.4 Å². The average Bonchev–Trinajstić information content (AvgIpc) is 3.12. The molecule has 0 bridgehead atoms. The van der Waals surface area contributed by atoms with E-state index in [-0.39, 0.29) is 25.0 Å². The highest BCUT2D eigenvalue weighted by molar-refractivity contribution is 5.94. The molecule has 2 N–H and O–H groups in total. The summed E-state index contributed by atoms with van der Waals surface area (Å²) in [6, 6.07) is 25.9. The van der Waals surface area contributed by atoms with Crippen molar-refractivity contribution in [3.05, 3.63) is 96.1 Å². The highest BCUT2D eigenvalue weighted by atomic mass is 16.5. The summed E-state index contributed by atoms with van der Waals surface area (Å²) in [5.74, 6) is 1.43. The molecule has 2 fully saturated rings. The van der Waals surface area contributed by atoms with E-state index in [4.69, 9.17) is 9.47 Å². The molecular formula is C36H46N4O6. The van der Waals surface area contributed by atoms with Crippen LogP contribution in [0.3, 0.4) is 0 Å². The number of rotatable bonds is 14. The maximum absolute atomic E-state index is 12.6. The maximum Gasteiger partial charge on any atom is 0.253 e. The zero-order chi connectivity index (χ0) is 32.1. The van der Waals surface area contributed by atoms with Crippen LogP contribution in [-0.4, -0.2) is 132 Å². The number of piperazine rings is 2. The molecule has 2 aliphatic heterocycles. The fraction of sp³-hybridized carbons (Fsp3) is 0.444. The first kappa shape index (κ1) is 33.4. The zero-order valence-corrected chi connectivity index (χ0v) is 26.5. The van der Waals surface area contributed by atoms with Crippen molar-refractivity contribution in [3.8, 4) is 11.5 Å². The van der Waals surface area contributed by atoms with Gasteiger partial charge in [-0.25, -0.2) is 0 Å². The van der Waals surface area contributed by atoms with Crippen molar-refractivity contribution in [2.75, 3.05) is 78.7 Å². The zero-order valence-electron chi connectivity index (χ0n) is 26.5. The highest BCUT2D eigenvalue weighted by Crippen LogP contribution is 2.19. The van der Waals surface area contributed by atoms with Crippen molar-refractivity contribution in [2.24, 2.45) is 0 Å². The Hall–Kier alpha value is -3.96. The average molecular weight is 631 g/mol. The molecular weight excluding hydrogens is 584 g/mol. The van der Waals surface area contributed by atoms with E-state index in [1.54, 1.807) is 24.3 Å². The molecule has 0 radical (unpaired) electrons. The van der Waals surface area contributed by atoms with E-state index in [1.165, 1.54) is 0 Å². The number of amides is 2.